The summed E-state index contributed by atoms with van der Waals surface area (Å²) in [5, 5.41) is 9.23. The molecule has 0 saturated heterocycles. The number of ether oxygens (including phenoxy) is 1. The molecule has 5 rings (SSSR count). The minimum Gasteiger partial charge on any atom is -0.497 e. The summed E-state index contributed by atoms with van der Waals surface area (Å²) >= 11 is 0. The minimum atomic E-state index is -0.228. The smallest absolute Gasteiger partial charge is 0.282 e. The molecule has 150 valence electrons. The van der Waals surface area contributed by atoms with Gasteiger partial charge in [-0.2, -0.15) is 0 Å². The van der Waals surface area contributed by atoms with E-state index in [2.05, 4.69) is 15.6 Å². The van der Waals surface area contributed by atoms with Gasteiger partial charge in [-0.05, 0) is 35.9 Å². The van der Waals surface area contributed by atoms with Crippen molar-refractivity contribution in [2.75, 3.05) is 13.7 Å². The van der Waals surface area contributed by atoms with Crippen molar-refractivity contribution in [3.8, 4) is 11.4 Å². The summed E-state index contributed by atoms with van der Waals surface area (Å²) in [4.78, 5) is 25.4. The monoisotopic (exact) mass is 402 g/mol. The highest BCUT2D eigenvalue weighted by atomic mass is 16.5. The molecule has 0 amide bonds. The van der Waals surface area contributed by atoms with Gasteiger partial charge in [-0.1, -0.05) is 30.3 Å². The third kappa shape index (κ3) is 2.87. The van der Waals surface area contributed by atoms with Gasteiger partial charge in [-0.25, -0.2) is 13.6 Å². The topological polar surface area (TPSA) is 94.9 Å². The molecular weight excluding hydrogens is 384 g/mol. The molecule has 1 aliphatic heterocycles. The largest absolute Gasteiger partial charge is 0.497 e. The summed E-state index contributed by atoms with van der Waals surface area (Å²) in [6.07, 6.45) is 1.78. The van der Waals surface area contributed by atoms with E-state index in [9.17, 15) is 9.59 Å². The van der Waals surface area contributed by atoms with Crippen molar-refractivity contribution in [3.05, 3.63) is 81.5 Å². The first-order valence-electron chi connectivity index (χ1n) is 9.39. The van der Waals surface area contributed by atoms with Crippen LogP contribution in [0.1, 0.15) is 5.56 Å². The molecule has 3 heterocycles. The number of para-hydroxylation sites is 1. The van der Waals surface area contributed by atoms with E-state index in [0.29, 0.717) is 22.4 Å². The van der Waals surface area contributed by atoms with Gasteiger partial charge >= 0.3 is 0 Å². The molecule has 9 nitrogen and oxygen atoms in total. The second-order valence-corrected chi connectivity index (χ2v) is 6.86. The van der Waals surface area contributed by atoms with Crippen LogP contribution in [0.15, 0.2) is 64.5 Å². The van der Waals surface area contributed by atoms with Crippen molar-refractivity contribution in [2.45, 2.75) is 6.54 Å². The highest BCUT2D eigenvalue weighted by Gasteiger charge is 2.20. The number of fused-ring (bicyclic) bond motifs is 3. The van der Waals surface area contributed by atoms with E-state index in [1.165, 1.54) is 9.25 Å². The number of Topliss-reactive ketones (excluding diaryl/α,β-unsaturated/α-hetero) is 1. The Balaban J connectivity index is 1.86. The molecule has 0 atom stereocenters. The molecule has 0 radical (unpaired) electrons. The van der Waals surface area contributed by atoms with E-state index < -0.39 is 0 Å². The Morgan fingerprint density at radius 3 is 2.57 bits per heavy atom. The number of hydrogen-bond donors (Lipinski definition) is 1. The number of carbonyl (C=O) groups is 1. The average molecular weight is 402 g/mol. The molecule has 4 aromatic rings. The molecule has 0 aliphatic carbocycles. The lowest BCUT2D eigenvalue weighted by Gasteiger charge is -2.00. The molecular formula is C21H18N6O3. The number of benzene rings is 2. The van der Waals surface area contributed by atoms with Crippen LogP contribution in [0.25, 0.3) is 17.5 Å². The van der Waals surface area contributed by atoms with E-state index in [4.69, 9.17) is 4.74 Å². The number of imidazole rings is 1. The van der Waals surface area contributed by atoms with Gasteiger partial charge in [0.15, 0.2) is 5.78 Å². The zero-order valence-electron chi connectivity index (χ0n) is 16.1. The normalized spacial score (nSPS) is 14.2. The summed E-state index contributed by atoms with van der Waals surface area (Å²) in [5.74, 6) is 1.07. The van der Waals surface area contributed by atoms with Crippen LogP contribution in [0.5, 0.6) is 5.75 Å². The first kappa shape index (κ1) is 17.9. The Labute approximate surface area is 170 Å². The second kappa shape index (κ2) is 7.03. The highest BCUT2D eigenvalue weighted by molar-refractivity contribution is 5.80. The second-order valence-electron chi connectivity index (χ2n) is 6.86. The molecule has 0 saturated carbocycles. The van der Waals surface area contributed by atoms with Gasteiger partial charge < -0.3 is 4.74 Å². The van der Waals surface area contributed by atoms with Crippen LogP contribution in [-0.4, -0.2) is 38.2 Å². The van der Waals surface area contributed by atoms with Crippen molar-refractivity contribution in [2.24, 2.45) is 5.10 Å². The Bertz CT molecular complexity index is 1430. The Morgan fingerprint density at radius 2 is 1.83 bits per heavy atom. The maximum absolute atomic E-state index is 13.4. The zero-order chi connectivity index (χ0) is 20.7. The zero-order valence-corrected chi connectivity index (χ0v) is 16.1. The summed E-state index contributed by atoms with van der Waals surface area (Å²) in [5.41, 5.74) is 4.43. The molecule has 1 N–H and O–H groups in total. The van der Waals surface area contributed by atoms with Crippen molar-refractivity contribution >= 4 is 17.6 Å². The van der Waals surface area contributed by atoms with Gasteiger partial charge in [0.2, 0.25) is 5.78 Å². The van der Waals surface area contributed by atoms with Crippen LogP contribution < -0.4 is 26.7 Å². The van der Waals surface area contributed by atoms with E-state index >= 15 is 0 Å². The Kier molecular flexibility index (Phi) is 4.20. The summed E-state index contributed by atoms with van der Waals surface area (Å²) < 4.78 is 9.92. The van der Waals surface area contributed by atoms with Gasteiger partial charge in [0.1, 0.15) is 17.6 Å². The van der Waals surface area contributed by atoms with Gasteiger partial charge in [0.05, 0.1) is 19.3 Å². The minimum absolute atomic E-state index is 0.0439. The van der Waals surface area contributed by atoms with Crippen LogP contribution >= 0.6 is 0 Å². The van der Waals surface area contributed by atoms with Crippen LogP contribution in [0.3, 0.4) is 0 Å². The standard InChI is InChI=1S/C21H18N6O3/c1-30-17-9-7-14(8-10-17)11-18-19(29)26(15-5-3-2-4-6-15)21-24-25-13-16(28)12-22-23-20(25)27(18)21/h2-11,22H,12-13H2,1H3/b18-11+. The number of ketones is 1. The van der Waals surface area contributed by atoms with E-state index in [1.54, 1.807) is 17.6 Å². The fraction of sp³-hybridized carbons (Fsp3) is 0.143. The Morgan fingerprint density at radius 1 is 1.07 bits per heavy atom. The predicted molar refractivity (Wildman–Crippen MR) is 109 cm³/mol. The molecule has 0 fully saturated rings. The maximum Gasteiger partial charge on any atom is 0.282 e. The average Bonchev–Trinajstić information content (AvgIpc) is 3.15. The van der Waals surface area contributed by atoms with E-state index in [0.717, 1.165) is 11.3 Å². The number of rotatable bonds is 3. The van der Waals surface area contributed by atoms with Crippen LogP contribution in [-0.2, 0) is 11.3 Å². The molecule has 1 aliphatic rings. The molecule has 9 heteroatoms. The van der Waals surface area contributed by atoms with Crippen molar-refractivity contribution < 1.29 is 9.53 Å². The lowest BCUT2D eigenvalue weighted by atomic mass is 10.2. The lowest BCUT2D eigenvalue weighted by molar-refractivity contribution is -0.118. The van der Waals surface area contributed by atoms with Gasteiger partial charge in [0, 0.05) is 0 Å². The fourth-order valence-electron chi connectivity index (χ4n) is 3.49. The van der Waals surface area contributed by atoms with E-state index in [1.807, 2.05) is 54.6 Å². The third-order valence-electron chi connectivity index (χ3n) is 4.92. The van der Waals surface area contributed by atoms with Crippen molar-refractivity contribution in [3.63, 3.8) is 0 Å². The van der Waals surface area contributed by atoms with Crippen molar-refractivity contribution in [1.29, 1.82) is 0 Å². The predicted octanol–water partition coefficient (Wildman–Crippen LogP) is -0.169. The maximum atomic E-state index is 13.4. The summed E-state index contributed by atoms with van der Waals surface area (Å²) in [6.45, 7) is 0.199. The quantitative estimate of drug-likeness (QED) is 0.514. The molecule has 0 bridgehead atoms. The van der Waals surface area contributed by atoms with Gasteiger partial charge in [-0.15, -0.1) is 10.2 Å². The van der Waals surface area contributed by atoms with E-state index in [-0.39, 0.29) is 24.4 Å². The van der Waals surface area contributed by atoms with Gasteiger partial charge in [-0.3, -0.25) is 15.0 Å². The number of nitrogens with one attached hydrogen (secondary N) is 1. The van der Waals surface area contributed by atoms with Crippen LogP contribution in [0, 0.1) is 0 Å². The molecule has 2 aromatic heterocycles. The third-order valence-corrected chi connectivity index (χ3v) is 4.92. The molecule has 2 aromatic carbocycles. The van der Waals surface area contributed by atoms with Crippen molar-refractivity contribution in [1.82, 2.24) is 24.2 Å². The SMILES string of the molecule is COc1ccc(/C=c2\c(=O)n(-c3ccccc3)c3nn4c(n23)=NNCC(=O)C4)cc1. The summed E-state index contributed by atoms with van der Waals surface area (Å²) in [7, 11) is 1.60. The lowest BCUT2D eigenvalue weighted by Crippen LogP contribution is -2.37. The van der Waals surface area contributed by atoms with Gasteiger partial charge in [0.25, 0.3) is 11.2 Å². The molecule has 0 spiro atoms. The van der Waals surface area contributed by atoms with Crippen LogP contribution in [0.2, 0.25) is 0 Å². The fourth-order valence-corrected chi connectivity index (χ4v) is 3.49. The number of carbonyl (C=O) groups excluding carboxylic acids is 1. The number of methoxy groups -OCH3 is 1. The highest BCUT2D eigenvalue weighted by Crippen LogP contribution is 2.12. The van der Waals surface area contributed by atoms with Crippen LogP contribution in [0.4, 0.5) is 0 Å². The number of hydrogen-bond acceptors (Lipinski definition) is 6. The summed E-state index contributed by atoms with van der Waals surface area (Å²) in [6, 6.07) is 16.7. The number of nitrogens with zero attached hydrogens (tertiary/aromatic N) is 5. The Hall–Kier alpha value is -4.14. The molecule has 0 unspecified atom stereocenters. The first-order valence-corrected chi connectivity index (χ1v) is 9.39. The number of aromatic nitrogens is 4. The first-order chi connectivity index (χ1) is 14.7. The molecule has 30 heavy (non-hydrogen) atoms.